The second-order valence-electron chi connectivity index (χ2n) is 7.07. The molecule has 2 aliphatic carbocycles. The standard InChI is InChI=1S/C15H24O3/c1-9(2)10-4-5-14(3)12-7-18-15(14,8-17)11(6-16)13(10)12/h6,9-13,17H,4-5,7-8H2,1-3H3. The molecule has 0 aromatic carbocycles. The van der Waals surface area contributed by atoms with Gasteiger partial charge in [0.25, 0.3) is 0 Å². The molecule has 0 spiro atoms. The molecule has 4 bridgehead atoms. The summed E-state index contributed by atoms with van der Waals surface area (Å²) in [6, 6.07) is 0. The van der Waals surface area contributed by atoms with Gasteiger partial charge in [-0.1, -0.05) is 20.8 Å². The van der Waals surface area contributed by atoms with Gasteiger partial charge in [-0.3, -0.25) is 0 Å². The number of hydrogen-bond acceptors (Lipinski definition) is 3. The molecule has 3 aliphatic rings. The highest BCUT2D eigenvalue weighted by Gasteiger charge is 2.74. The van der Waals surface area contributed by atoms with Crippen LogP contribution in [0.2, 0.25) is 0 Å². The lowest BCUT2D eigenvalue weighted by Crippen LogP contribution is -2.50. The third kappa shape index (κ3) is 1.16. The lowest BCUT2D eigenvalue weighted by atomic mass is 9.61. The van der Waals surface area contributed by atoms with Gasteiger partial charge in [0.1, 0.15) is 11.9 Å². The zero-order valence-electron chi connectivity index (χ0n) is 11.6. The van der Waals surface area contributed by atoms with E-state index in [1.54, 1.807) is 0 Å². The average molecular weight is 252 g/mol. The molecule has 18 heavy (non-hydrogen) atoms. The summed E-state index contributed by atoms with van der Waals surface area (Å²) >= 11 is 0. The molecule has 0 amide bonds. The van der Waals surface area contributed by atoms with Crippen LogP contribution in [-0.4, -0.2) is 30.2 Å². The first-order chi connectivity index (χ1) is 8.52. The molecule has 3 fully saturated rings. The van der Waals surface area contributed by atoms with E-state index in [1.807, 2.05) is 0 Å². The van der Waals surface area contributed by atoms with Crippen LogP contribution in [0.25, 0.3) is 0 Å². The number of rotatable bonds is 3. The Kier molecular flexibility index (Phi) is 2.66. The molecule has 1 saturated heterocycles. The highest BCUT2D eigenvalue weighted by Crippen LogP contribution is 2.70. The molecule has 6 unspecified atom stereocenters. The lowest BCUT2D eigenvalue weighted by molar-refractivity contribution is -0.148. The molecule has 6 atom stereocenters. The van der Waals surface area contributed by atoms with Gasteiger partial charge in [-0.05, 0) is 36.5 Å². The first kappa shape index (κ1) is 12.6. The Bertz CT molecular complexity index is 367. The maximum absolute atomic E-state index is 11.6. The van der Waals surface area contributed by atoms with Gasteiger partial charge in [0, 0.05) is 11.3 Å². The fourth-order valence-electron chi connectivity index (χ4n) is 5.41. The summed E-state index contributed by atoms with van der Waals surface area (Å²) in [4.78, 5) is 11.6. The zero-order chi connectivity index (χ0) is 13.1. The van der Waals surface area contributed by atoms with Crippen LogP contribution < -0.4 is 0 Å². The van der Waals surface area contributed by atoms with E-state index in [0.29, 0.717) is 23.7 Å². The van der Waals surface area contributed by atoms with Crippen LogP contribution in [0, 0.1) is 35.0 Å². The van der Waals surface area contributed by atoms with Crippen LogP contribution in [0.1, 0.15) is 33.6 Å². The monoisotopic (exact) mass is 252 g/mol. The summed E-state index contributed by atoms with van der Waals surface area (Å²) in [6.07, 6.45) is 3.33. The topological polar surface area (TPSA) is 46.5 Å². The average Bonchev–Trinajstić information content (AvgIpc) is 2.71. The molecule has 0 aromatic rings. The highest BCUT2D eigenvalue weighted by atomic mass is 16.5. The van der Waals surface area contributed by atoms with Gasteiger partial charge in [-0.2, -0.15) is 0 Å². The number of carbonyl (C=O) groups excluding carboxylic acids is 1. The molecular formula is C15H24O3. The van der Waals surface area contributed by atoms with Crippen LogP contribution in [0.15, 0.2) is 0 Å². The first-order valence-electron chi connectivity index (χ1n) is 7.22. The van der Waals surface area contributed by atoms with Crippen molar-refractivity contribution in [2.75, 3.05) is 13.2 Å². The van der Waals surface area contributed by atoms with Crippen molar-refractivity contribution in [2.24, 2.45) is 35.0 Å². The van der Waals surface area contributed by atoms with Gasteiger partial charge in [0.05, 0.1) is 13.2 Å². The summed E-state index contributed by atoms with van der Waals surface area (Å²) in [5.74, 6) is 1.98. The zero-order valence-corrected chi connectivity index (χ0v) is 11.6. The fraction of sp³-hybridized carbons (Fsp3) is 0.933. The molecule has 1 N–H and O–H groups in total. The van der Waals surface area contributed by atoms with Gasteiger partial charge < -0.3 is 14.6 Å². The van der Waals surface area contributed by atoms with E-state index in [4.69, 9.17) is 4.74 Å². The van der Waals surface area contributed by atoms with E-state index in [1.165, 1.54) is 6.42 Å². The summed E-state index contributed by atoms with van der Waals surface area (Å²) in [5, 5.41) is 9.90. The molecule has 0 aromatic heterocycles. The van der Waals surface area contributed by atoms with Crippen LogP contribution in [0.5, 0.6) is 0 Å². The van der Waals surface area contributed by atoms with E-state index in [0.717, 1.165) is 19.3 Å². The Morgan fingerprint density at radius 3 is 2.78 bits per heavy atom. The molecule has 2 saturated carbocycles. The summed E-state index contributed by atoms with van der Waals surface area (Å²) in [5.41, 5.74) is -0.586. The largest absolute Gasteiger partial charge is 0.393 e. The molecule has 1 aliphatic heterocycles. The van der Waals surface area contributed by atoms with Crippen molar-refractivity contribution in [2.45, 2.75) is 39.2 Å². The predicted molar refractivity (Wildman–Crippen MR) is 68.0 cm³/mol. The first-order valence-corrected chi connectivity index (χ1v) is 7.22. The van der Waals surface area contributed by atoms with Gasteiger partial charge in [-0.15, -0.1) is 0 Å². The van der Waals surface area contributed by atoms with Gasteiger partial charge >= 0.3 is 0 Å². The number of hydrogen-bond donors (Lipinski definition) is 1. The quantitative estimate of drug-likeness (QED) is 0.780. The van der Waals surface area contributed by atoms with Crippen molar-refractivity contribution < 1.29 is 14.6 Å². The number of aliphatic hydroxyl groups excluding tert-OH is 1. The normalized spacial score (nSPS) is 54.1. The molecular weight excluding hydrogens is 228 g/mol. The van der Waals surface area contributed by atoms with Crippen LogP contribution in [-0.2, 0) is 9.53 Å². The number of aldehydes is 1. The maximum atomic E-state index is 11.6. The third-order valence-corrected chi connectivity index (χ3v) is 6.45. The molecule has 3 heteroatoms. The minimum absolute atomic E-state index is 0.00336. The number of carbonyl (C=O) groups is 1. The van der Waals surface area contributed by atoms with Gasteiger partial charge in [-0.25, -0.2) is 0 Å². The van der Waals surface area contributed by atoms with Crippen molar-refractivity contribution in [3.8, 4) is 0 Å². The van der Waals surface area contributed by atoms with E-state index in [-0.39, 0.29) is 17.9 Å². The van der Waals surface area contributed by atoms with Gasteiger partial charge in [0.2, 0.25) is 0 Å². The summed E-state index contributed by atoms with van der Waals surface area (Å²) in [6.45, 7) is 7.47. The van der Waals surface area contributed by atoms with Crippen molar-refractivity contribution in [3.63, 3.8) is 0 Å². The minimum atomic E-state index is -0.590. The smallest absolute Gasteiger partial charge is 0.126 e. The Labute approximate surface area is 109 Å². The van der Waals surface area contributed by atoms with E-state index < -0.39 is 5.60 Å². The van der Waals surface area contributed by atoms with Gasteiger partial charge in [0.15, 0.2) is 0 Å². The predicted octanol–water partition coefficient (Wildman–Crippen LogP) is 1.88. The van der Waals surface area contributed by atoms with E-state index in [9.17, 15) is 9.90 Å². The molecule has 102 valence electrons. The lowest BCUT2D eigenvalue weighted by Gasteiger charge is -2.42. The van der Waals surface area contributed by atoms with E-state index in [2.05, 4.69) is 20.8 Å². The second kappa shape index (κ2) is 3.80. The van der Waals surface area contributed by atoms with Crippen molar-refractivity contribution in [1.82, 2.24) is 0 Å². The van der Waals surface area contributed by atoms with Crippen LogP contribution in [0.3, 0.4) is 0 Å². The molecule has 1 heterocycles. The fourth-order valence-corrected chi connectivity index (χ4v) is 5.41. The highest BCUT2D eigenvalue weighted by molar-refractivity contribution is 5.60. The third-order valence-electron chi connectivity index (χ3n) is 6.45. The molecule has 0 radical (unpaired) electrons. The Balaban J connectivity index is 2.08. The molecule has 3 nitrogen and oxygen atoms in total. The number of aliphatic hydroxyl groups is 1. The summed E-state index contributed by atoms with van der Waals surface area (Å²) in [7, 11) is 0. The van der Waals surface area contributed by atoms with Crippen LogP contribution >= 0.6 is 0 Å². The van der Waals surface area contributed by atoms with Crippen LogP contribution in [0.4, 0.5) is 0 Å². The van der Waals surface area contributed by atoms with E-state index >= 15 is 0 Å². The minimum Gasteiger partial charge on any atom is -0.393 e. The summed E-state index contributed by atoms with van der Waals surface area (Å²) < 4.78 is 5.96. The Morgan fingerprint density at radius 2 is 2.22 bits per heavy atom. The second-order valence-corrected chi connectivity index (χ2v) is 7.07. The maximum Gasteiger partial charge on any atom is 0.126 e. The number of ether oxygens (including phenoxy) is 1. The Morgan fingerprint density at radius 1 is 1.50 bits per heavy atom. The van der Waals surface area contributed by atoms with Crippen molar-refractivity contribution in [3.05, 3.63) is 0 Å². The van der Waals surface area contributed by atoms with Crippen molar-refractivity contribution >= 4 is 6.29 Å². The Hall–Kier alpha value is -0.410. The molecule has 3 rings (SSSR count). The van der Waals surface area contributed by atoms with Crippen molar-refractivity contribution in [1.29, 1.82) is 0 Å². The SMILES string of the molecule is CC(C)C1CCC2(C)C3COC2(CO)C(C=O)C13.